The summed E-state index contributed by atoms with van der Waals surface area (Å²) in [5.74, 6) is -0.481. The van der Waals surface area contributed by atoms with Crippen LogP contribution in [0.3, 0.4) is 0 Å². The molecule has 0 spiro atoms. The van der Waals surface area contributed by atoms with E-state index in [1.807, 2.05) is 0 Å². The molecule has 0 aromatic heterocycles. The SMILES string of the molecule is O=C=Nc1ccc(N2C(=O)C3CCCCC3C2=O)cc1. The molecule has 0 radical (unpaired) electrons. The van der Waals surface area contributed by atoms with E-state index in [1.165, 1.54) is 11.0 Å². The van der Waals surface area contributed by atoms with Gasteiger partial charge in [-0.1, -0.05) is 12.8 Å². The maximum absolute atomic E-state index is 12.4. The first kappa shape index (κ1) is 12.8. The molecule has 3 rings (SSSR count). The molecule has 1 saturated heterocycles. The minimum Gasteiger partial charge on any atom is -0.274 e. The van der Waals surface area contributed by atoms with Crippen molar-refractivity contribution in [2.24, 2.45) is 16.8 Å². The van der Waals surface area contributed by atoms with Crippen molar-refractivity contribution < 1.29 is 14.4 Å². The number of carbonyl (C=O) groups excluding carboxylic acids is 3. The third kappa shape index (κ3) is 1.96. The molecule has 0 bridgehead atoms. The van der Waals surface area contributed by atoms with Crippen molar-refractivity contribution in [3.05, 3.63) is 24.3 Å². The average molecular weight is 270 g/mol. The predicted molar refractivity (Wildman–Crippen MR) is 72.2 cm³/mol. The van der Waals surface area contributed by atoms with E-state index in [0.717, 1.165) is 25.7 Å². The summed E-state index contributed by atoms with van der Waals surface area (Å²) in [7, 11) is 0. The smallest absolute Gasteiger partial charge is 0.240 e. The van der Waals surface area contributed by atoms with Gasteiger partial charge >= 0.3 is 0 Å². The molecule has 1 aliphatic carbocycles. The van der Waals surface area contributed by atoms with Crippen LogP contribution in [0.4, 0.5) is 11.4 Å². The van der Waals surface area contributed by atoms with Gasteiger partial charge in [0.25, 0.3) is 0 Å². The number of fused-ring (bicyclic) bond motifs is 1. The number of hydrogen-bond acceptors (Lipinski definition) is 4. The van der Waals surface area contributed by atoms with Crippen molar-refractivity contribution >= 4 is 29.3 Å². The van der Waals surface area contributed by atoms with E-state index in [0.29, 0.717) is 11.4 Å². The Bertz CT molecular complexity index is 578. The van der Waals surface area contributed by atoms with E-state index in [1.54, 1.807) is 24.3 Å². The molecule has 1 heterocycles. The molecular formula is C15H14N2O3. The molecule has 2 unspecified atom stereocenters. The molecule has 20 heavy (non-hydrogen) atoms. The van der Waals surface area contributed by atoms with Gasteiger partial charge in [-0.3, -0.25) is 14.5 Å². The minimum absolute atomic E-state index is 0.0914. The Morgan fingerprint density at radius 1 is 1.00 bits per heavy atom. The monoisotopic (exact) mass is 270 g/mol. The number of benzene rings is 1. The van der Waals surface area contributed by atoms with Crippen LogP contribution in [-0.4, -0.2) is 17.9 Å². The first-order valence-electron chi connectivity index (χ1n) is 6.78. The third-order valence-corrected chi connectivity index (χ3v) is 4.12. The maximum Gasteiger partial charge on any atom is 0.240 e. The van der Waals surface area contributed by atoms with Crippen molar-refractivity contribution in [1.82, 2.24) is 0 Å². The standard InChI is InChI=1S/C15H14N2O3/c18-9-16-10-5-7-11(8-6-10)17-14(19)12-3-1-2-4-13(12)15(17)20/h5-8,12-13H,1-4H2. The molecule has 102 valence electrons. The fourth-order valence-corrected chi connectivity index (χ4v) is 3.15. The second-order valence-corrected chi connectivity index (χ2v) is 5.23. The summed E-state index contributed by atoms with van der Waals surface area (Å²) in [5.41, 5.74) is 1.01. The molecule has 2 fully saturated rings. The van der Waals surface area contributed by atoms with Gasteiger partial charge in [-0.25, -0.2) is 4.79 Å². The summed E-state index contributed by atoms with van der Waals surface area (Å²) in [4.78, 5) is 39.7. The number of amides is 2. The van der Waals surface area contributed by atoms with Crippen molar-refractivity contribution in [3.63, 3.8) is 0 Å². The van der Waals surface area contributed by atoms with E-state index in [-0.39, 0.29) is 23.7 Å². The Morgan fingerprint density at radius 3 is 2.05 bits per heavy atom. The minimum atomic E-state index is -0.149. The van der Waals surface area contributed by atoms with Gasteiger partial charge < -0.3 is 0 Å². The largest absolute Gasteiger partial charge is 0.274 e. The molecule has 5 nitrogen and oxygen atoms in total. The van der Waals surface area contributed by atoms with E-state index >= 15 is 0 Å². The number of imide groups is 1. The average Bonchev–Trinajstić information content (AvgIpc) is 2.73. The maximum atomic E-state index is 12.4. The van der Waals surface area contributed by atoms with Gasteiger partial charge in [0.2, 0.25) is 17.9 Å². The van der Waals surface area contributed by atoms with E-state index in [9.17, 15) is 14.4 Å². The number of isocyanates is 1. The highest BCUT2D eigenvalue weighted by Gasteiger charge is 2.48. The molecule has 5 heteroatoms. The van der Waals surface area contributed by atoms with Crippen molar-refractivity contribution in [3.8, 4) is 0 Å². The highest BCUT2D eigenvalue weighted by Crippen LogP contribution is 2.40. The fourth-order valence-electron chi connectivity index (χ4n) is 3.15. The van der Waals surface area contributed by atoms with Crippen LogP contribution < -0.4 is 4.90 Å². The lowest BCUT2D eigenvalue weighted by Gasteiger charge is -2.19. The summed E-state index contributed by atoms with van der Waals surface area (Å²) in [6.45, 7) is 0. The van der Waals surface area contributed by atoms with Gasteiger partial charge in [-0.2, -0.15) is 4.99 Å². The number of rotatable bonds is 2. The zero-order valence-corrected chi connectivity index (χ0v) is 10.9. The van der Waals surface area contributed by atoms with Gasteiger partial charge in [-0.15, -0.1) is 0 Å². The number of anilines is 1. The Hall–Kier alpha value is -2.26. The molecule has 0 N–H and O–H groups in total. The van der Waals surface area contributed by atoms with Crippen LogP contribution in [0.1, 0.15) is 25.7 Å². The molecule has 1 aliphatic heterocycles. The summed E-state index contributed by atoms with van der Waals surface area (Å²) in [6.07, 6.45) is 5.10. The first-order valence-corrected chi connectivity index (χ1v) is 6.78. The van der Waals surface area contributed by atoms with Crippen molar-refractivity contribution in [1.29, 1.82) is 0 Å². The van der Waals surface area contributed by atoms with Crippen LogP contribution in [0.2, 0.25) is 0 Å². The lowest BCUT2D eigenvalue weighted by atomic mass is 9.81. The molecule has 1 aromatic rings. The Kier molecular flexibility index (Phi) is 3.20. The summed E-state index contributed by atoms with van der Waals surface area (Å²) < 4.78 is 0. The number of nitrogens with zero attached hydrogens (tertiary/aromatic N) is 2. The summed E-state index contributed by atoms with van der Waals surface area (Å²) in [5, 5.41) is 0. The molecule has 2 aliphatic rings. The Morgan fingerprint density at radius 2 is 1.55 bits per heavy atom. The van der Waals surface area contributed by atoms with Crippen molar-refractivity contribution in [2.45, 2.75) is 25.7 Å². The fraction of sp³-hybridized carbons (Fsp3) is 0.400. The van der Waals surface area contributed by atoms with Gasteiger partial charge in [-0.05, 0) is 37.1 Å². The second kappa shape index (κ2) is 5.02. The van der Waals surface area contributed by atoms with Crippen LogP contribution in [0, 0.1) is 11.8 Å². The topological polar surface area (TPSA) is 66.8 Å². The Balaban J connectivity index is 1.91. The Labute approximate surface area is 116 Å². The van der Waals surface area contributed by atoms with E-state index in [4.69, 9.17) is 0 Å². The van der Waals surface area contributed by atoms with Gasteiger partial charge in [0.15, 0.2) is 0 Å². The lowest BCUT2D eigenvalue weighted by Crippen LogP contribution is -2.30. The normalized spacial score (nSPS) is 25.3. The van der Waals surface area contributed by atoms with Crippen LogP contribution in [-0.2, 0) is 14.4 Å². The number of carbonyl (C=O) groups is 2. The van der Waals surface area contributed by atoms with Crippen LogP contribution >= 0.6 is 0 Å². The zero-order valence-electron chi connectivity index (χ0n) is 10.9. The first-order chi connectivity index (χ1) is 9.72. The highest BCUT2D eigenvalue weighted by atomic mass is 16.2. The molecular weight excluding hydrogens is 256 g/mol. The summed E-state index contributed by atoms with van der Waals surface area (Å²) in [6, 6.07) is 6.48. The molecule has 1 saturated carbocycles. The summed E-state index contributed by atoms with van der Waals surface area (Å²) >= 11 is 0. The van der Waals surface area contributed by atoms with Crippen LogP contribution in [0.25, 0.3) is 0 Å². The highest BCUT2D eigenvalue weighted by molar-refractivity contribution is 6.22. The van der Waals surface area contributed by atoms with E-state index < -0.39 is 0 Å². The van der Waals surface area contributed by atoms with Crippen LogP contribution in [0.5, 0.6) is 0 Å². The van der Waals surface area contributed by atoms with Gasteiger partial charge in [0, 0.05) is 0 Å². The predicted octanol–water partition coefficient (Wildman–Crippen LogP) is 2.33. The zero-order chi connectivity index (χ0) is 14.1. The quantitative estimate of drug-likeness (QED) is 0.470. The van der Waals surface area contributed by atoms with Gasteiger partial charge in [0.1, 0.15) is 0 Å². The molecule has 1 aromatic carbocycles. The second-order valence-electron chi connectivity index (χ2n) is 5.23. The van der Waals surface area contributed by atoms with Crippen LogP contribution in [0.15, 0.2) is 29.3 Å². The molecule has 2 atom stereocenters. The number of aliphatic imine (C=N–C) groups is 1. The number of hydrogen-bond donors (Lipinski definition) is 0. The molecule has 2 amide bonds. The lowest BCUT2D eigenvalue weighted by molar-refractivity contribution is -0.122. The van der Waals surface area contributed by atoms with Gasteiger partial charge in [0.05, 0.1) is 23.2 Å². The van der Waals surface area contributed by atoms with E-state index in [2.05, 4.69) is 4.99 Å². The van der Waals surface area contributed by atoms with Crippen molar-refractivity contribution in [2.75, 3.05) is 4.90 Å². The third-order valence-electron chi connectivity index (χ3n) is 4.12.